The standard InChI is InChI=1S/C32H32ClN3O6/c1-3-4-12-35(32(39)34-25-7-5-6-21(2)13-25)18-30(37)36(16-22-8-10-28-29(14-22)42-20-41-28)17-23-19-40-27-11-9-24(33)15-26(27)31(23)38/h5-11,13-15,19H,3-4,12,16-18,20H2,1-2H3,(H,34,39). The molecule has 1 aliphatic rings. The number of carbonyl (C=O) groups excluding carboxylic acids is 2. The number of anilines is 1. The molecule has 218 valence electrons. The zero-order valence-corrected chi connectivity index (χ0v) is 24.3. The van der Waals surface area contributed by atoms with Crippen LogP contribution in [-0.4, -0.2) is 41.6 Å². The first-order valence-corrected chi connectivity index (χ1v) is 14.2. The molecule has 0 fully saturated rings. The van der Waals surface area contributed by atoms with Crippen LogP contribution in [0, 0.1) is 6.92 Å². The van der Waals surface area contributed by atoms with Crippen molar-refractivity contribution in [1.82, 2.24) is 9.80 Å². The number of hydrogen-bond acceptors (Lipinski definition) is 6. The maximum atomic E-state index is 13.9. The van der Waals surface area contributed by atoms with Crippen LogP contribution in [0.3, 0.4) is 0 Å². The van der Waals surface area contributed by atoms with Crippen molar-refractivity contribution in [2.24, 2.45) is 0 Å². The van der Waals surface area contributed by atoms with E-state index in [-0.39, 0.29) is 43.8 Å². The summed E-state index contributed by atoms with van der Waals surface area (Å²) in [5, 5.41) is 3.65. The van der Waals surface area contributed by atoms with Gasteiger partial charge in [-0.1, -0.05) is 43.1 Å². The number of amides is 3. The third-order valence-corrected chi connectivity index (χ3v) is 7.23. The molecular weight excluding hydrogens is 558 g/mol. The third kappa shape index (κ3) is 6.86. The lowest BCUT2D eigenvalue weighted by Crippen LogP contribution is -2.44. The number of benzene rings is 3. The average Bonchev–Trinajstić information content (AvgIpc) is 3.44. The molecule has 0 radical (unpaired) electrons. The Labute approximate surface area is 248 Å². The number of ether oxygens (including phenoxy) is 2. The maximum Gasteiger partial charge on any atom is 0.322 e. The number of halogens is 1. The van der Waals surface area contributed by atoms with Crippen LogP contribution >= 0.6 is 11.6 Å². The van der Waals surface area contributed by atoms with Crippen molar-refractivity contribution in [2.75, 3.05) is 25.2 Å². The Morgan fingerprint density at radius 2 is 1.81 bits per heavy atom. The molecule has 1 aliphatic heterocycles. The zero-order valence-electron chi connectivity index (χ0n) is 23.5. The summed E-state index contributed by atoms with van der Waals surface area (Å²) in [6.07, 6.45) is 2.95. The van der Waals surface area contributed by atoms with Crippen LogP contribution in [0.4, 0.5) is 10.5 Å². The molecule has 0 saturated heterocycles. The Morgan fingerprint density at radius 1 is 0.976 bits per heavy atom. The fraction of sp³-hybridized carbons (Fsp3) is 0.281. The molecule has 0 aliphatic carbocycles. The molecule has 0 spiro atoms. The van der Waals surface area contributed by atoms with E-state index >= 15 is 0 Å². The topological polar surface area (TPSA) is 101 Å². The fourth-order valence-corrected chi connectivity index (χ4v) is 4.91. The van der Waals surface area contributed by atoms with E-state index in [0.29, 0.717) is 45.3 Å². The van der Waals surface area contributed by atoms with Crippen molar-refractivity contribution in [3.8, 4) is 11.5 Å². The minimum atomic E-state index is -0.370. The van der Waals surface area contributed by atoms with E-state index in [1.54, 1.807) is 29.2 Å². The van der Waals surface area contributed by atoms with Crippen LogP contribution in [0.25, 0.3) is 11.0 Å². The minimum Gasteiger partial charge on any atom is -0.464 e. The van der Waals surface area contributed by atoms with E-state index in [1.807, 2.05) is 50.2 Å². The van der Waals surface area contributed by atoms with Gasteiger partial charge >= 0.3 is 6.03 Å². The van der Waals surface area contributed by atoms with Gasteiger partial charge in [0.25, 0.3) is 0 Å². The summed E-state index contributed by atoms with van der Waals surface area (Å²) in [6, 6.07) is 17.4. The fourth-order valence-electron chi connectivity index (χ4n) is 4.74. The number of nitrogens with zero attached hydrogens (tertiary/aromatic N) is 2. The van der Waals surface area contributed by atoms with Gasteiger partial charge in [0, 0.05) is 23.8 Å². The van der Waals surface area contributed by atoms with Gasteiger partial charge in [0.05, 0.1) is 23.8 Å². The van der Waals surface area contributed by atoms with Crippen molar-refractivity contribution >= 4 is 40.2 Å². The summed E-state index contributed by atoms with van der Waals surface area (Å²) < 4.78 is 16.7. The Balaban J connectivity index is 1.42. The summed E-state index contributed by atoms with van der Waals surface area (Å²) in [6.45, 7) is 4.46. The van der Waals surface area contributed by atoms with Crippen LogP contribution in [0.1, 0.15) is 36.5 Å². The second-order valence-electron chi connectivity index (χ2n) is 10.2. The van der Waals surface area contributed by atoms with E-state index in [2.05, 4.69) is 5.32 Å². The van der Waals surface area contributed by atoms with Gasteiger partial charge in [-0.3, -0.25) is 9.59 Å². The first-order valence-electron chi connectivity index (χ1n) is 13.8. The van der Waals surface area contributed by atoms with Gasteiger partial charge in [-0.2, -0.15) is 0 Å². The predicted octanol–water partition coefficient (Wildman–Crippen LogP) is 6.35. The molecule has 0 saturated carbocycles. The van der Waals surface area contributed by atoms with E-state index in [9.17, 15) is 14.4 Å². The Kier molecular flexibility index (Phi) is 8.97. The van der Waals surface area contributed by atoms with Gasteiger partial charge in [-0.25, -0.2) is 4.79 Å². The first kappa shape index (κ1) is 29.0. The second-order valence-corrected chi connectivity index (χ2v) is 10.7. The van der Waals surface area contributed by atoms with E-state index in [1.165, 1.54) is 11.2 Å². The lowest BCUT2D eigenvalue weighted by Gasteiger charge is -2.28. The highest BCUT2D eigenvalue weighted by molar-refractivity contribution is 6.31. The van der Waals surface area contributed by atoms with Crippen molar-refractivity contribution in [3.63, 3.8) is 0 Å². The molecule has 4 aromatic rings. The summed E-state index contributed by atoms with van der Waals surface area (Å²) >= 11 is 6.14. The number of carbonyl (C=O) groups is 2. The normalized spacial score (nSPS) is 11.9. The highest BCUT2D eigenvalue weighted by Gasteiger charge is 2.24. The molecule has 0 bridgehead atoms. The number of hydrogen-bond donors (Lipinski definition) is 1. The third-order valence-electron chi connectivity index (χ3n) is 6.99. The molecule has 1 aromatic heterocycles. The van der Waals surface area contributed by atoms with Gasteiger partial charge in [-0.15, -0.1) is 0 Å². The molecule has 10 heteroatoms. The van der Waals surface area contributed by atoms with Crippen LogP contribution in [0.5, 0.6) is 11.5 Å². The molecule has 1 N–H and O–H groups in total. The van der Waals surface area contributed by atoms with E-state index in [0.717, 1.165) is 24.0 Å². The average molecular weight is 590 g/mol. The van der Waals surface area contributed by atoms with Crippen LogP contribution < -0.4 is 20.2 Å². The zero-order chi connectivity index (χ0) is 29.6. The van der Waals surface area contributed by atoms with Gasteiger partial charge in [-0.05, 0) is 66.9 Å². The number of rotatable bonds is 10. The van der Waals surface area contributed by atoms with Crippen LogP contribution in [0.15, 0.2) is 76.1 Å². The lowest BCUT2D eigenvalue weighted by atomic mass is 10.1. The molecule has 2 heterocycles. The number of fused-ring (bicyclic) bond motifs is 2. The SMILES string of the molecule is CCCCN(CC(=O)N(Cc1ccc2c(c1)OCO2)Cc1coc2ccc(Cl)cc2c1=O)C(=O)Nc1cccc(C)c1. The van der Waals surface area contributed by atoms with Gasteiger partial charge in [0.1, 0.15) is 12.1 Å². The van der Waals surface area contributed by atoms with Crippen molar-refractivity contribution in [1.29, 1.82) is 0 Å². The lowest BCUT2D eigenvalue weighted by molar-refractivity contribution is -0.133. The summed E-state index contributed by atoms with van der Waals surface area (Å²) in [5.74, 6) is 0.887. The van der Waals surface area contributed by atoms with Crippen molar-refractivity contribution < 1.29 is 23.5 Å². The maximum absolute atomic E-state index is 13.9. The Morgan fingerprint density at radius 3 is 2.62 bits per heavy atom. The summed E-state index contributed by atoms with van der Waals surface area (Å²) in [5.41, 5.74) is 2.86. The van der Waals surface area contributed by atoms with E-state index in [4.69, 9.17) is 25.5 Å². The number of nitrogens with one attached hydrogen (secondary N) is 1. The molecule has 0 unspecified atom stereocenters. The Hall–Kier alpha value is -4.50. The quantitative estimate of drug-likeness (QED) is 0.231. The molecule has 9 nitrogen and oxygen atoms in total. The monoisotopic (exact) mass is 589 g/mol. The van der Waals surface area contributed by atoms with Crippen LogP contribution in [0.2, 0.25) is 5.02 Å². The summed E-state index contributed by atoms with van der Waals surface area (Å²) in [4.78, 5) is 43.6. The molecule has 3 aromatic carbocycles. The smallest absolute Gasteiger partial charge is 0.322 e. The number of urea groups is 1. The van der Waals surface area contributed by atoms with Crippen molar-refractivity contribution in [2.45, 2.75) is 39.8 Å². The molecule has 3 amide bonds. The molecule has 42 heavy (non-hydrogen) atoms. The highest BCUT2D eigenvalue weighted by atomic mass is 35.5. The van der Waals surface area contributed by atoms with Gasteiger partial charge < -0.3 is 29.0 Å². The highest BCUT2D eigenvalue weighted by Crippen LogP contribution is 2.33. The first-order chi connectivity index (χ1) is 20.3. The van der Waals surface area contributed by atoms with Crippen LogP contribution in [-0.2, 0) is 17.9 Å². The largest absolute Gasteiger partial charge is 0.464 e. The summed E-state index contributed by atoms with van der Waals surface area (Å²) in [7, 11) is 0. The van der Waals surface area contributed by atoms with E-state index < -0.39 is 0 Å². The second kappa shape index (κ2) is 13.0. The molecular formula is C32H32ClN3O6. The van der Waals surface area contributed by atoms with Crippen molar-refractivity contribution in [3.05, 3.63) is 98.9 Å². The molecule has 0 atom stereocenters. The van der Waals surface area contributed by atoms with Gasteiger partial charge in [0.2, 0.25) is 12.7 Å². The Bertz CT molecular complexity index is 1670. The minimum absolute atomic E-state index is 0.0286. The number of unbranched alkanes of at least 4 members (excludes halogenated alkanes) is 1. The van der Waals surface area contributed by atoms with Gasteiger partial charge in [0.15, 0.2) is 16.9 Å². The predicted molar refractivity (Wildman–Crippen MR) is 161 cm³/mol. The molecule has 5 rings (SSSR count). The number of aryl methyl sites for hydroxylation is 1.